The molecular weight excluding hydrogens is 651 g/mol. The fraction of sp³-hybridized carbons (Fsp3) is 0.0612. The summed E-state index contributed by atoms with van der Waals surface area (Å²) in [7, 11) is 0. The van der Waals surface area contributed by atoms with Gasteiger partial charge in [-0.3, -0.25) is 0 Å². The van der Waals surface area contributed by atoms with E-state index in [1.54, 1.807) is 0 Å². The van der Waals surface area contributed by atoms with Gasteiger partial charge in [0.1, 0.15) is 11.2 Å². The van der Waals surface area contributed by atoms with Crippen molar-refractivity contribution in [2.24, 2.45) is 0 Å². The lowest BCUT2D eigenvalue weighted by molar-refractivity contribution is 0.660. The first kappa shape index (κ1) is 29.6. The van der Waals surface area contributed by atoms with E-state index >= 15 is 0 Å². The van der Waals surface area contributed by atoms with Crippen LogP contribution in [-0.2, 0) is 5.41 Å². The zero-order valence-corrected chi connectivity index (χ0v) is 29.7. The van der Waals surface area contributed by atoms with E-state index in [0.717, 1.165) is 39.0 Å². The van der Waals surface area contributed by atoms with Crippen LogP contribution < -0.4 is 4.90 Å². The van der Waals surface area contributed by atoms with E-state index < -0.39 is 0 Å². The SMILES string of the molecule is CC1(C)c2ccccc2-c2ccc(N(c3ccc(-c4ccc5cc6c(cc5c4)oc4ccccc46)cc3)c3ccc4sc5ccccc5c4c3)cc21. The maximum atomic E-state index is 6.23. The summed E-state index contributed by atoms with van der Waals surface area (Å²) in [6.07, 6.45) is 0. The smallest absolute Gasteiger partial charge is 0.136 e. The number of hydrogen-bond donors (Lipinski definition) is 0. The predicted molar refractivity (Wildman–Crippen MR) is 222 cm³/mol. The summed E-state index contributed by atoms with van der Waals surface area (Å²) in [4.78, 5) is 2.42. The van der Waals surface area contributed by atoms with E-state index in [1.807, 2.05) is 23.5 Å². The third-order valence-corrected chi connectivity index (χ3v) is 12.4. The summed E-state index contributed by atoms with van der Waals surface area (Å²) in [5.74, 6) is 0. The van der Waals surface area contributed by atoms with Crippen molar-refractivity contribution in [3.05, 3.63) is 175 Å². The molecule has 2 nitrogen and oxygen atoms in total. The molecule has 2 heterocycles. The predicted octanol–water partition coefficient (Wildman–Crippen LogP) is 14.6. The van der Waals surface area contributed by atoms with E-state index in [2.05, 4.69) is 170 Å². The average Bonchev–Trinajstić information content (AvgIpc) is 3.81. The van der Waals surface area contributed by atoms with Crippen LogP contribution >= 0.6 is 11.3 Å². The molecule has 52 heavy (non-hydrogen) atoms. The topological polar surface area (TPSA) is 16.4 Å². The lowest BCUT2D eigenvalue weighted by Crippen LogP contribution is -2.16. The van der Waals surface area contributed by atoms with Crippen LogP contribution in [0.3, 0.4) is 0 Å². The Bertz CT molecular complexity index is 3050. The molecule has 0 saturated heterocycles. The summed E-state index contributed by atoms with van der Waals surface area (Å²) in [5.41, 5.74) is 13.0. The van der Waals surface area contributed by atoms with Crippen LogP contribution in [0.1, 0.15) is 25.0 Å². The van der Waals surface area contributed by atoms with Crippen molar-refractivity contribution in [2.75, 3.05) is 4.90 Å². The van der Waals surface area contributed by atoms with Gasteiger partial charge in [0, 0.05) is 53.4 Å². The normalized spacial score (nSPS) is 13.3. The Morgan fingerprint density at radius 2 is 1.13 bits per heavy atom. The number of anilines is 3. The molecule has 11 rings (SSSR count). The maximum Gasteiger partial charge on any atom is 0.136 e. The van der Waals surface area contributed by atoms with Gasteiger partial charge in [0.05, 0.1) is 0 Å². The van der Waals surface area contributed by atoms with E-state index in [0.29, 0.717) is 0 Å². The van der Waals surface area contributed by atoms with E-state index in [-0.39, 0.29) is 5.41 Å². The molecule has 2 aromatic heterocycles. The summed E-state index contributed by atoms with van der Waals surface area (Å²) < 4.78 is 8.86. The van der Waals surface area contributed by atoms with Crippen molar-refractivity contribution < 1.29 is 4.42 Å². The molecule has 0 fully saturated rings. The second-order valence-corrected chi connectivity index (χ2v) is 15.7. The molecule has 0 saturated carbocycles. The molecular formula is C49H33NOS. The molecule has 1 aliphatic rings. The molecule has 0 bridgehead atoms. The van der Waals surface area contributed by atoms with E-state index in [4.69, 9.17) is 4.42 Å². The molecule has 246 valence electrons. The molecule has 3 heteroatoms. The third kappa shape index (κ3) is 4.36. The van der Waals surface area contributed by atoms with Crippen molar-refractivity contribution in [3.8, 4) is 22.3 Å². The summed E-state index contributed by atoms with van der Waals surface area (Å²) in [6.45, 7) is 4.71. The van der Waals surface area contributed by atoms with Crippen molar-refractivity contribution in [3.63, 3.8) is 0 Å². The molecule has 0 spiro atoms. The number of thiophene rings is 1. The number of para-hydroxylation sites is 1. The van der Waals surface area contributed by atoms with Crippen LogP contribution in [0.25, 0.3) is 75.1 Å². The van der Waals surface area contributed by atoms with E-state index in [9.17, 15) is 0 Å². The van der Waals surface area contributed by atoms with Gasteiger partial charge >= 0.3 is 0 Å². The van der Waals surface area contributed by atoms with Gasteiger partial charge < -0.3 is 9.32 Å². The van der Waals surface area contributed by atoms with Crippen LogP contribution in [0, 0.1) is 0 Å². The van der Waals surface area contributed by atoms with Crippen LogP contribution in [0.4, 0.5) is 17.1 Å². The van der Waals surface area contributed by atoms with Crippen molar-refractivity contribution in [2.45, 2.75) is 19.3 Å². The lowest BCUT2D eigenvalue weighted by Gasteiger charge is -2.28. The fourth-order valence-corrected chi connectivity index (χ4v) is 9.67. The molecule has 0 aliphatic heterocycles. The van der Waals surface area contributed by atoms with Gasteiger partial charge in [-0.1, -0.05) is 105 Å². The summed E-state index contributed by atoms with van der Waals surface area (Å²) in [5, 5.41) is 7.31. The summed E-state index contributed by atoms with van der Waals surface area (Å²) in [6, 6.07) is 60.1. The number of benzene rings is 8. The Hall–Kier alpha value is -6.16. The lowest BCUT2D eigenvalue weighted by atomic mass is 9.82. The van der Waals surface area contributed by atoms with Crippen LogP contribution in [0.5, 0.6) is 0 Å². The largest absolute Gasteiger partial charge is 0.456 e. The Morgan fingerprint density at radius 1 is 0.442 bits per heavy atom. The molecule has 0 unspecified atom stereocenters. The van der Waals surface area contributed by atoms with Gasteiger partial charge in [-0.2, -0.15) is 0 Å². The van der Waals surface area contributed by atoms with Gasteiger partial charge in [0.15, 0.2) is 0 Å². The number of nitrogens with zero attached hydrogens (tertiary/aromatic N) is 1. The third-order valence-electron chi connectivity index (χ3n) is 11.2. The van der Waals surface area contributed by atoms with Crippen LogP contribution in [-0.4, -0.2) is 0 Å². The van der Waals surface area contributed by atoms with Gasteiger partial charge in [0.25, 0.3) is 0 Å². The Morgan fingerprint density at radius 3 is 2.04 bits per heavy atom. The molecule has 8 aromatic carbocycles. The fourth-order valence-electron chi connectivity index (χ4n) is 8.58. The minimum atomic E-state index is -0.0883. The first-order valence-corrected chi connectivity index (χ1v) is 18.7. The Balaban J connectivity index is 1.04. The summed E-state index contributed by atoms with van der Waals surface area (Å²) >= 11 is 1.86. The van der Waals surface area contributed by atoms with Gasteiger partial charge in [0.2, 0.25) is 0 Å². The second kappa shape index (κ2) is 10.9. The molecule has 0 radical (unpaired) electrons. The molecule has 0 amide bonds. The first-order chi connectivity index (χ1) is 25.5. The Kier molecular flexibility index (Phi) is 6.21. The second-order valence-electron chi connectivity index (χ2n) is 14.6. The zero-order chi connectivity index (χ0) is 34.6. The van der Waals surface area contributed by atoms with Crippen molar-refractivity contribution in [1.29, 1.82) is 0 Å². The monoisotopic (exact) mass is 683 g/mol. The highest BCUT2D eigenvalue weighted by Gasteiger charge is 2.35. The Labute approximate surface area is 305 Å². The quantitative estimate of drug-likeness (QED) is 0.184. The van der Waals surface area contributed by atoms with Crippen molar-refractivity contribution >= 4 is 81.3 Å². The molecule has 1 aliphatic carbocycles. The number of rotatable bonds is 4. The van der Waals surface area contributed by atoms with Gasteiger partial charge in [-0.05, 0) is 117 Å². The highest BCUT2D eigenvalue weighted by molar-refractivity contribution is 7.25. The standard InChI is InChI=1S/C49H33NOS/c1-49(2)43-12-6-3-9-37(43)38-23-21-36(29-44(38)49)50(35-22-24-48-42(28-35)40-11-5-8-14-47(40)52-48)34-19-17-30(18-20-34)31-15-16-32-26-41-39-10-4-7-13-45(39)51-46(41)27-33(32)25-31/h3-29H,1-2H3. The molecule has 0 atom stereocenters. The number of furan rings is 1. The number of fused-ring (bicyclic) bond motifs is 10. The number of hydrogen-bond acceptors (Lipinski definition) is 3. The molecule has 10 aromatic rings. The maximum absolute atomic E-state index is 6.23. The zero-order valence-electron chi connectivity index (χ0n) is 28.9. The van der Waals surface area contributed by atoms with Gasteiger partial charge in [-0.25, -0.2) is 0 Å². The minimum Gasteiger partial charge on any atom is -0.456 e. The van der Waals surface area contributed by atoms with Crippen LogP contribution in [0.2, 0.25) is 0 Å². The van der Waals surface area contributed by atoms with Crippen LogP contribution in [0.15, 0.2) is 168 Å². The van der Waals surface area contributed by atoms with Gasteiger partial charge in [-0.15, -0.1) is 11.3 Å². The first-order valence-electron chi connectivity index (χ1n) is 17.9. The van der Waals surface area contributed by atoms with E-state index in [1.165, 1.54) is 64.3 Å². The highest BCUT2D eigenvalue weighted by Crippen LogP contribution is 2.51. The minimum absolute atomic E-state index is 0.0883. The highest BCUT2D eigenvalue weighted by atomic mass is 32.1. The van der Waals surface area contributed by atoms with Crippen molar-refractivity contribution in [1.82, 2.24) is 0 Å². The average molecular weight is 684 g/mol. The molecule has 0 N–H and O–H groups in total.